The summed E-state index contributed by atoms with van der Waals surface area (Å²) in [6.45, 7) is 4.96. The van der Waals surface area contributed by atoms with E-state index in [-0.39, 0.29) is 24.2 Å². The first-order valence-electron chi connectivity index (χ1n) is 11.5. The van der Waals surface area contributed by atoms with E-state index in [1.165, 1.54) is 31.3 Å². The van der Waals surface area contributed by atoms with Crippen LogP contribution in [0.5, 0.6) is 11.5 Å². The van der Waals surface area contributed by atoms with Gasteiger partial charge in [0, 0.05) is 23.7 Å². The normalized spacial score (nSPS) is 12.1. The van der Waals surface area contributed by atoms with E-state index in [0.717, 1.165) is 10.6 Å². The van der Waals surface area contributed by atoms with Gasteiger partial charge in [-0.2, -0.15) is 0 Å². The van der Waals surface area contributed by atoms with Gasteiger partial charge >= 0.3 is 0 Å². The molecule has 2 rings (SSSR count). The Morgan fingerprint density at radius 1 is 1.06 bits per heavy atom. The minimum Gasteiger partial charge on any atom is -0.493 e. The smallest absolute Gasteiger partial charge is 0.244 e. The number of halogens is 1. The highest BCUT2D eigenvalue weighted by atomic mass is 35.5. The molecule has 0 unspecified atom stereocenters. The van der Waals surface area contributed by atoms with E-state index < -0.39 is 28.5 Å². The second kappa shape index (κ2) is 12.8. The monoisotopic (exact) mass is 539 g/mol. The topological polar surface area (TPSA) is 105 Å². The van der Waals surface area contributed by atoms with Gasteiger partial charge in [0.15, 0.2) is 11.5 Å². The van der Waals surface area contributed by atoms with Crippen LogP contribution in [0.25, 0.3) is 0 Å². The van der Waals surface area contributed by atoms with Crippen molar-refractivity contribution in [3.8, 4) is 11.5 Å². The van der Waals surface area contributed by atoms with Gasteiger partial charge in [-0.15, -0.1) is 0 Å². The number of sulfonamides is 1. The zero-order chi connectivity index (χ0) is 27.0. The van der Waals surface area contributed by atoms with Crippen LogP contribution in [-0.4, -0.2) is 64.2 Å². The van der Waals surface area contributed by atoms with E-state index >= 15 is 0 Å². The standard InChI is InChI=1S/C25H34ClN3O6S/c1-7-21(25(31)27-17(2)3)28(15-18-10-8-9-11-20(18)26)24(30)16-29(36(6,32)33)19-12-13-22(34-4)23(14-19)35-5/h8-14,17,21H,7,15-16H2,1-6H3,(H,27,31)/t21-/m1/s1. The molecule has 2 aromatic carbocycles. The number of anilines is 1. The van der Waals surface area contributed by atoms with Gasteiger partial charge in [0.2, 0.25) is 21.8 Å². The van der Waals surface area contributed by atoms with Crippen molar-refractivity contribution in [1.82, 2.24) is 10.2 Å². The molecule has 36 heavy (non-hydrogen) atoms. The Kier molecular flexibility index (Phi) is 10.4. The lowest BCUT2D eigenvalue weighted by atomic mass is 10.1. The molecule has 9 nitrogen and oxygen atoms in total. The fourth-order valence-corrected chi connectivity index (χ4v) is 4.74. The summed E-state index contributed by atoms with van der Waals surface area (Å²) in [5, 5.41) is 3.28. The number of rotatable bonds is 12. The molecule has 0 saturated heterocycles. The molecule has 0 fully saturated rings. The van der Waals surface area contributed by atoms with E-state index in [4.69, 9.17) is 21.1 Å². The summed E-state index contributed by atoms with van der Waals surface area (Å²) in [4.78, 5) is 28.1. The Hall–Kier alpha value is -2.98. The molecule has 2 amide bonds. The van der Waals surface area contributed by atoms with Crippen molar-refractivity contribution in [3.05, 3.63) is 53.1 Å². The number of hydrogen-bond acceptors (Lipinski definition) is 6. The molecule has 0 aliphatic heterocycles. The Labute approximate surface area is 218 Å². The molecule has 0 aliphatic rings. The van der Waals surface area contributed by atoms with Crippen molar-refractivity contribution in [2.45, 2.75) is 45.8 Å². The van der Waals surface area contributed by atoms with Crippen molar-refractivity contribution in [2.75, 3.05) is 31.3 Å². The lowest BCUT2D eigenvalue weighted by Gasteiger charge is -2.33. The zero-order valence-corrected chi connectivity index (χ0v) is 23.0. The highest BCUT2D eigenvalue weighted by Crippen LogP contribution is 2.32. The predicted molar refractivity (Wildman–Crippen MR) is 141 cm³/mol. The Morgan fingerprint density at radius 2 is 1.69 bits per heavy atom. The van der Waals surface area contributed by atoms with E-state index in [0.29, 0.717) is 28.5 Å². The summed E-state index contributed by atoms with van der Waals surface area (Å²) in [6.07, 6.45) is 1.34. The van der Waals surface area contributed by atoms with E-state index in [9.17, 15) is 18.0 Å². The van der Waals surface area contributed by atoms with Crippen LogP contribution < -0.4 is 19.1 Å². The average Bonchev–Trinajstić information content (AvgIpc) is 2.81. The molecule has 0 aliphatic carbocycles. The van der Waals surface area contributed by atoms with Gasteiger partial charge in [0.1, 0.15) is 12.6 Å². The van der Waals surface area contributed by atoms with Gasteiger partial charge in [0.25, 0.3) is 0 Å². The van der Waals surface area contributed by atoms with Crippen LogP contribution in [0.1, 0.15) is 32.8 Å². The number of carbonyl (C=O) groups is 2. The van der Waals surface area contributed by atoms with Gasteiger partial charge in [0.05, 0.1) is 26.2 Å². The maximum Gasteiger partial charge on any atom is 0.244 e. The lowest BCUT2D eigenvalue weighted by molar-refractivity contribution is -0.140. The second-order valence-corrected chi connectivity index (χ2v) is 10.8. The predicted octanol–water partition coefficient (Wildman–Crippen LogP) is 3.46. The Balaban J connectivity index is 2.50. The van der Waals surface area contributed by atoms with Crippen LogP contribution in [0.3, 0.4) is 0 Å². The van der Waals surface area contributed by atoms with Crippen LogP contribution in [0.2, 0.25) is 5.02 Å². The van der Waals surface area contributed by atoms with Crippen LogP contribution in [-0.2, 0) is 26.2 Å². The Bertz CT molecular complexity index is 1170. The molecule has 0 aromatic heterocycles. The van der Waals surface area contributed by atoms with Gasteiger partial charge in [-0.1, -0.05) is 36.7 Å². The summed E-state index contributed by atoms with van der Waals surface area (Å²) in [7, 11) is -0.981. The van der Waals surface area contributed by atoms with Crippen molar-refractivity contribution in [3.63, 3.8) is 0 Å². The molecule has 0 spiro atoms. The number of methoxy groups -OCH3 is 2. The first kappa shape index (κ1) is 29.3. The number of carbonyl (C=O) groups excluding carboxylic acids is 2. The molecule has 1 N–H and O–H groups in total. The summed E-state index contributed by atoms with van der Waals surface area (Å²) < 4.78 is 37.0. The van der Waals surface area contributed by atoms with E-state index in [1.807, 2.05) is 13.8 Å². The number of nitrogens with one attached hydrogen (secondary N) is 1. The average molecular weight is 540 g/mol. The van der Waals surface area contributed by atoms with E-state index in [2.05, 4.69) is 5.32 Å². The second-order valence-electron chi connectivity index (χ2n) is 8.51. The largest absolute Gasteiger partial charge is 0.493 e. The molecule has 0 heterocycles. The fraction of sp³-hybridized carbons (Fsp3) is 0.440. The molecule has 2 aromatic rings. The van der Waals surface area contributed by atoms with Crippen molar-refractivity contribution < 1.29 is 27.5 Å². The third-order valence-electron chi connectivity index (χ3n) is 5.45. The summed E-state index contributed by atoms with van der Waals surface area (Å²) >= 11 is 6.35. The number of amides is 2. The molecular formula is C25H34ClN3O6S. The van der Waals surface area contributed by atoms with E-state index in [1.54, 1.807) is 37.3 Å². The summed E-state index contributed by atoms with van der Waals surface area (Å²) in [5.74, 6) is -0.157. The highest BCUT2D eigenvalue weighted by molar-refractivity contribution is 7.92. The lowest BCUT2D eigenvalue weighted by Crippen LogP contribution is -2.53. The molecule has 198 valence electrons. The first-order valence-corrected chi connectivity index (χ1v) is 13.7. The number of benzene rings is 2. The SMILES string of the molecule is CC[C@H](C(=O)NC(C)C)N(Cc1ccccc1Cl)C(=O)CN(c1ccc(OC)c(OC)c1)S(C)(=O)=O. The maximum absolute atomic E-state index is 13.7. The van der Waals surface area contributed by atoms with Crippen LogP contribution in [0, 0.1) is 0 Å². The molecular weight excluding hydrogens is 506 g/mol. The van der Waals surface area contributed by atoms with Crippen molar-refractivity contribution in [1.29, 1.82) is 0 Å². The Morgan fingerprint density at radius 3 is 2.22 bits per heavy atom. The van der Waals surface area contributed by atoms with Gasteiger partial charge in [-0.25, -0.2) is 8.42 Å². The van der Waals surface area contributed by atoms with Crippen molar-refractivity contribution in [2.24, 2.45) is 0 Å². The van der Waals surface area contributed by atoms with Gasteiger partial charge in [-0.3, -0.25) is 13.9 Å². The van der Waals surface area contributed by atoms with Crippen molar-refractivity contribution >= 4 is 39.1 Å². The van der Waals surface area contributed by atoms with Crippen LogP contribution in [0.4, 0.5) is 5.69 Å². The summed E-state index contributed by atoms with van der Waals surface area (Å²) in [5.41, 5.74) is 0.862. The minimum absolute atomic E-state index is 0.0338. The number of ether oxygens (including phenoxy) is 2. The first-order chi connectivity index (χ1) is 16.9. The molecule has 11 heteroatoms. The third kappa shape index (κ3) is 7.51. The zero-order valence-electron chi connectivity index (χ0n) is 21.4. The summed E-state index contributed by atoms with van der Waals surface area (Å²) in [6, 6.07) is 10.6. The minimum atomic E-state index is -3.88. The molecule has 1 atom stereocenters. The quantitative estimate of drug-likeness (QED) is 0.443. The highest BCUT2D eigenvalue weighted by Gasteiger charge is 2.32. The van der Waals surface area contributed by atoms with Gasteiger partial charge in [-0.05, 0) is 44.0 Å². The van der Waals surface area contributed by atoms with Gasteiger partial charge < -0.3 is 19.7 Å². The number of nitrogens with zero attached hydrogens (tertiary/aromatic N) is 2. The maximum atomic E-state index is 13.7. The third-order valence-corrected chi connectivity index (χ3v) is 6.96. The fourth-order valence-electron chi connectivity index (χ4n) is 3.70. The molecule has 0 saturated carbocycles. The number of hydrogen-bond donors (Lipinski definition) is 1. The molecule has 0 bridgehead atoms. The molecule has 0 radical (unpaired) electrons. The van der Waals surface area contributed by atoms with Crippen LogP contribution in [0.15, 0.2) is 42.5 Å². The van der Waals surface area contributed by atoms with Crippen LogP contribution >= 0.6 is 11.6 Å².